The lowest BCUT2D eigenvalue weighted by Gasteiger charge is -2.13. The van der Waals surface area contributed by atoms with Gasteiger partial charge in [-0.05, 0) is 12.1 Å². The molecular formula is C13H13N3O5. The Balaban J connectivity index is 1.95. The maximum atomic E-state index is 11.8. The van der Waals surface area contributed by atoms with Crippen LogP contribution < -0.4 is 5.32 Å². The fourth-order valence-corrected chi connectivity index (χ4v) is 1.96. The number of hydrogen-bond acceptors (Lipinski definition) is 5. The molecule has 2 heterocycles. The third-order valence-corrected chi connectivity index (χ3v) is 3.01. The molecule has 0 aromatic carbocycles. The summed E-state index contributed by atoms with van der Waals surface area (Å²) in [6, 6.07) is 2.76. The van der Waals surface area contributed by atoms with E-state index in [-0.39, 0.29) is 49.0 Å². The largest absolute Gasteiger partial charge is 0.478 e. The van der Waals surface area contributed by atoms with Gasteiger partial charge in [-0.3, -0.25) is 19.3 Å². The van der Waals surface area contributed by atoms with E-state index in [1.54, 1.807) is 0 Å². The van der Waals surface area contributed by atoms with Gasteiger partial charge in [0.05, 0.1) is 0 Å². The summed E-state index contributed by atoms with van der Waals surface area (Å²) in [6.45, 7) is -0.0151. The Morgan fingerprint density at radius 3 is 2.57 bits per heavy atom. The first-order chi connectivity index (χ1) is 9.99. The minimum atomic E-state index is -1.21. The Morgan fingerprint density at radius 2 is 1.95 bits per heavy atom. The van der Waals surface area contributed by atoms with Crippen LogP contribution in [0.1, 0.15) is 29.6 Å². The summed E-state index contributed by atoms with van der Waals surface area (Å²) in [5.74, 6) is -2.37. The molecule has 2 rings (SSSR count). The zero-order valence-electron chi connectivity index (χ0n) is 11.0. The summed E-state index contributed by atoms with van der Waals surface area (Å²) in [6.07, 6.45) is 1.59. The van der Waals surface area contributed by atoms with Gasteiger partial charge in [0.25, 0.3) is 0 Å². The molecule has 0 unspecified atom stereocenters. The summed E-state index contributed by atoms with van der Waals surface area (Å²) in [5.41, 5.74) is -0.126. The van der Waals surface area contributed by atoms with Gasteiger partial charge in [-0.1, -0.05) is 0 Å². The van der Waals surface area contributed by atoms with Crippen LogP contribution in [0.25, 0.3) is 0 Å². The number of carbonyl (C=O) groups excluding carboxylic acids is 3. The molecule has 2 N–H and O–H groups in total. The summed E-state index contributed by atoms with van der Waals surface area (Å²) in [7, 11) is 0. The molecule has 1 aromatic heterocycles. The summed E-state index contributed by atoms with van der Waals surface area (Å²) < 4.78 is 0. The number of carbonyl (C=O) groups is 4. The van der Waals surface area contributed by atoms with Crippen LogP contribution >= 0.6 is 0 Å². The standard InChI is InChI=1S/C13H13N3O5/c17-9(5-7-16-10(18)3-4-11(16)19)15-12-8(13(20)21)2-1-6-14-12/h1-2,6H,3-5,7H2,(H,20,21)(H,14,15,17). The average Bonchev–Trinajstić information content (AvgIpc) is 2.76. The number of pyridine rings is 1. The highest BCUT2D eigenvalue weighted by molar-refractivity contribution is 6.03. The van der Waals surface area contributed by atoms with Crippen molar-refractivity contribution in [3.63, 3.8) is 0 Å². The molecule has 1 saturated heterocycles. The number of nitrogens with one attached hydrogen (secondary N) is 1. The van der Waals surface area contributed by atoms with Gasteiger partial charge in [-0.15, -0.1) is 0 Å². The SMILES string of the molecule is O=C(CCN1C(=O)CCC1=O)Nc1ncccc1C(=O)O. The number of amides is 3. The van der Waals surface area contributed by atoms with E-state index in [4.69, 9.17) is 5.11 Å². The number of rotatable bonds is 5. The van der Waals surface area contributed by atoms with Crippen molar-refractivity contribution in [2.75, 3.05) is 11.9 Å². The number of carboxylic acid groups (broad SMARTS) is 1. The van der Waals surface area contributed by atoms with Crippen LogP contribution in [0.3, 0.4) is 0 Å². The van der Waals surface area contributed by atoms with Crippen LogP contribution in [0.2, 0.25) is 0 Å². The molecule has 0 radical (unpaired) electrons. The highest BCUT2D eigenvalue weighted by Gasteiger charge is 2.28. The second-order valence-electron chi connectivity index (χ2n) is 4.44. The highest BCUT2D eigenvalue weighted by atomic mass is 16.4. The van der Waals surface area contributed by atoms with Crippen molar-refractivity contribution in [1.29, 1.82) is 0 Å². The van der Waals surface area contributed by atoms with E-state index in [1.807, 2.05) is 0 Å². The van der Waals surface area contributed by atoms with Crippen molar-refractivity contribution in [2.24, 2.45) is 0 Å². The van der Waals surface area contributed by atoms with Gasteiger partial charge in [-0.2, -0.15) is 0 Å². The van der Waals surface area contributed by atoms with Gasteiger partial charge < -0.3 is 10.4 Å². The number of nitrogens with zero attached hydrogens (tertiary/aromatic N) is 2. The number of aromatic carboxylic acids is 1. The first-order valence-electron chi connectivity index (χ1n) is 6.30. The highest BCUT2D eigenvalue weighted by Crippen LogP contribution is 2.14. The molecule has 8 heteroatoms. The zero-order chi connectivity index (χ0) is 15.4. The van der Waals surface area contributed by atoms with Gasteiger partial charge in [0, 0.05) is 32.0 Å². The Morgan fingerprint density at radius 1 is 1.29 bits per heavy atom. The fraction of sp³-hybridized carbons (Fsp3) is 0.308. The van der Waals surface area contributed by atoms with E-state index < -0.39 is 11.9 Å². The van der Waals surface area contributed by atoms with Crippen LogP contribution in [0.15, 0.2) is 18.3 Å². The third kappa shape index (κ3) is 3.41. The summed E-state index contributed by atoms with van der Waals surface area (Å²) in [4.78, 5) is 50.3. The minimum Gasteiger partial charge on any atom is -0.478 e. The number of anilines is 1. The molecule has 1 aliphatic heterocycles. The number of carboxylic acids is 1. The molecule has 3 amide bonds. The molecule has 0 spiro atoms. The number of aromatic nitrogens is 1. The van der Waals surface area contributed by atoms with E-state index in [0.717, 1.165) is 4.90 Å². The van der Waals surface area contributed by atoms with Gasteiger partial charge in [0.15, 0.2) is 0 Å². The van der Waals surface area contributed by atoms with Crippen molar-refractivity contribution in [3.8, 4) is 0 Å². The molecule has 0 saturated carbocycles. The zero-order valence-corrected chi connectivity index (χ0v) is 11.0. The predicted octanol–water partition coefficient (Wildman–Crippen LogP) is 0.257. The lowest BCUT2D eigenvalue weighted by molar-refractivity contribution is -0.138. The Kier molecular flexibility index (Phi) is 4.27. The summed E-state index contributed by atoms with van der Waals surface area (Å²) >= 11 is 0. The fourth-order valence-electron chi connectivity index (χ4n) is 1.96. The molecular weight excluding hydrogens is 278 g/mol. The molecule has 110 valence electrons. The average molecular weight is 291 g/mol. The summed E-state index contributed by atoms with van der Waals surface area (Å²) in [5, 5.41) is 11.3. The molecule has 0 atom stereocenters. The molecule has 1 fully saturated rings. The van der Waals surface area contributed by atoms with Crippen LogP contribution in [0.4, 0.5) is 5.82 Å². The number of imide groups is 1. The molecule has 21 heavy (non-hydrogen) atoms. The molecule has 0 bridgehead atoms. The lowest BCUT2D eigenvalue weighted by atomic mass is 10.2. The monoisotopic (exact) mass is 291 g/mol. The lowest BCUT2D eigenvalue weighted by Crippen LogP contribution is -2.32. The van der Waals surface area contributed by atoms with E-state index in [0.29, 0.717) is 0 Å². The van der Waals surface area contributed by atoms with Gasteiger partial charge >= 0.3 is 5.97 Å². The van der Waals surface area contributed by atoms with Gasteiger partial charge in [0.1, 0.15) is 11.4 Å². The van der Waals surface area contributed by atoms with E-state index >= 15 is 0 Å². The minimum absolute atomic E-state index is 0.0151. The number of likely N-dealkylation sites (tertiary alicyclic amines) is 1. The second kappa shape index (κ2) is 6.12. The van der Waals surface area contributed by atoms with Crippen molar-refractivity contribution >= 4 is 29.5 Å². The van der Waals surface area contributed by atoms with Crippen molar-refractivity contribution in [2.45, 2.75) is 19.3 Å². The Bertz CT molecular complexity index is 598. The first kappa shape index (κ1) is 14.6. The first-order valence-corrected chi connectivity index (χ1v) is 6.30. The Labute approximate surface area is 119 Å². The molecule has 1 aromatic rings. The second-order valence-corrected chi connectivity index (χ2v) is 4.44. The van der Waals surface area contributed by atoms with Gasteiger partial charge in [-0.25, -0.2) is 9.78 Å². The van der Waals surface area contributed by atoms with Crippen molar-refractivity contribution in [3.05, 3.63) is 23.9 Å². The van der Waals surface area contributed by atoms with E-state index in [1.165, 1.54) is 18.3 Å². The molecule has 0 aliphatic carbocycles. The quantitative estimate of drug-likeness (QED) is 0.751. The van der Waals surface area contributed by atoms with Crippen LogP contribution in [0.5, 0.6) is 0 Å². The maximum absolute atomic E-state index is 11.8. The van der Waals surface area contributed by atoms with Crippen LogP contribution in [-0.2, 0) is 14.4 Å². The van der Waals surface area contributed by atoms with Crippen molar-refractivity contribution < 1.29 is 24.3 Å². The van der Waals surface area contributed by atoms with Crippen molar-refractivity contribution in [1.82, 2.24) is 9.88 Å². The van der Waals surface area contributed by atoms with Crippen LogP contribution in [-0.4, -0.2) is 45.2 Å². The van der Waals surface area contributed by atoms with Crippen LogP contribution in [0, 0.1) is 0 Å². The topological polar surface area (TPSA) is 117 Å². The van der Waals surface area contributed by atoms with Gasteiger partial charge in [0.2, 0.25) is 17.7 Å². The van der Waals surface area contributed by atoms with E-state index in [2.05, 4.69) is 10.3 Å². The maximum Gasteiger partial charge on any atom is 0.339 e. The normalized spacial score (nSPS) is 14.4. The molecule has 8 nitrogen and oxygen atoms in total. The third-order valence-electron chi connectivity index (χ3n) is 3.01. The number of hydrogen-bond donors (Lipinski definition) is 2. The smallest absolute Gasteiger partial charge is 0.339 e. The Hall–Kier alpha value is -2.77. The molecule has 1 aliphatic rings. The van der Waals surface area contributed by atoms with E-state index in [9.17, 15) is 19.2 Å². The predicted molar refractivity (Wildman–Crippen MR) is 70.4 cm³/mol.